The summed E-state index contributed by atoms with van der Waals surface area (Å²) in [7, 11) is 0. The number of ether oxygens (including phenoxy) is 2. The van der Waals surface area contributed by atoms with Gasteiger partial charge in [0.1, 0.15) is 40.5 Å². The molecular formula is C31H28F2N4O4. The van der Waals surface area contributed by atoms with E-state index < -0.39 is 35.3 Å². The molecule has 10 heteroatoms. The lowest BCUT2D eigenvalue weighted by Gasteiger charge is -2.24. The van der Waals surface area contributed by atoms with Crippen molar-refractivity contribution in [3.05, 3.63) is 83.4 Å². The Kier molecular flexibility index (Phi) is 6.36. The first kappa shape index (κ1) is 26.6. The van der Waals surface area contributed by atoms with Gasteiger partial charge in [0.2, 0.25) is 5.91 Å². The van der Waals surface area contributed by atoms with Gasteiger partial charge >= 0.3 is 0 Å². The van der Waals surface area contributed by atoms with E-state index in [1.54, 1.807) is 31.3 Å². The molecule has 1 saturated carbocycles. The smallest absolute Gasteiger partial charge is 0.251 e. The number of benzene rings is 2. The molecule has 6 rings (SSSR count). The molecule has 8 nitrogen and oxygen atoms in total. The molecule has 4 aromatic rings. The number of alkyl halides is 1. The van der Waals surface area contributed by atoms with Crippen molar-refractivity contribution in [1.82, 2.24) is 15.3 Å². The highest BCUT2D eigenvalue weighted by Crippen LogP contribution is 2.46. The van der Waals surface area contributed by atoms with Crippen LogP contribution in [0.3, 0.4) is 0 Å². The molecule has 0 saturated heterocycles. The Bertz CT molecular complexity index is 1690. The van der Waals surface area contributed by atoms with Crippen LogP contribution < -0.4 is 20.5 Å². The van der Waals surface area contributed by atoms with Crippen LogP contribution in [0.25, 0.3) is 22.2 Å². The zero-order valence-corrected chi connectivity index (χ0v) is 22.5. The molecular weight excluding hydrogens is 530 g/mol. The maximum atomic E-state index is 16.4. The molecule has 2 aromatic carbocycles. The van der Waals surface area contributed by atoms with E-state index in [0.717, 1.165) is 18.2 Å². The van der Waals surface area contributed by atoms with Crippen molar-refractivity contribution < 1.29 is 27.8 Å². The minimum Gasteiger partial charge on any atom is -0.489 e. The number of rotatable bonds is 8. The van der Waals surface area contributed by atoms with Gasteiger partial charge in [-0.3, -0.25) is 14.6 Å². The van der Waals surface area contributed by atoms with Gasteiger partial charge in [0.05, 0.1) is 18.3 Å². The SMILES string of the molecule is CC(F)(CNC(=O)c1cc(OC2CC2)c2ncccc2c1)c1cc2c(c(-c3ccc(F)cc3)n1)OC[C@]2(C)C(N)=O. The molecule has 0 spiro atoms. The first-order valence-electron chi connectivity index (χ1n) is 13.3. The second-order valence-corrected chi connectivity index (χ2v) is 11.0. The van der Waals surface area contributed by atoms with E-state index in [4.69, 9.17) is 15.2 Å². The standard InChI is InChI=1S/C31H28F2N4O4/c1-30(29(34)39)16-40-27-22(30)14-24(37-26(27)17-5-7-20(32)8-6-17)31(2,33)15-36-28(38)19-12-18-4-3-11-35-25(18)23(13-19)41-21-9-10-21/h3-8,11-14,21H,9-10,15-16H2,1-2H3,(H2,34,39)(H,36,38)/t30-,31?/m0/s1. The summed E-state index contributed by atoms with van der Waals surface area (Å²) in [6, 6.07) is 13.9. The van der Waals surface area contributed by atoms with Gasteiger partial charge in [0.15, 0.2) is 5.67 Å². The molecule has 1 unspecified atom stereocenters. The van der Waals surface area contributed by atoms with Gasteiger partial charge in [-0.2, -0.15) is 0 Å². The lowest BCUT2D eigenvalue weighted by molar-refractivity contribution is -0.123. The number of nitrogens with zero attached hydrogens (tertiary/aromatic N) is 2. The first-order chi connectivity index (χ1) is 19.5. The third kappa shape index (κ3) is 4.94. The summed E-state index contributed by atoms with van der Waals surface area (Å²) in [5.74, 6) is -0.784. The number of pyridine rings is 2. The van der Waals surface area contributed by atoms with Crippen LogP contribution in [0, 0.1) is 5.82 Å². The van der Waals surface area contributed by atoms with Crippen LogP contribution in [0.15, 0.2) is 60.8 Å². The van der Waals surface area contributed by atoms with Gasteiger partial charge in [0, 0.05) is 28.3 Å². The van der Waals surface area contributed by atoms with E-state index in [1.165, 1.54) is 37.3 Å². The quantitative estimate of drug-likeness (QED) is 0.323. The number of fused-ring (bicyclic) bond motifs is 2. The minimum absolute atomic E-state index is 0.0330. The topological polar surface area (TPSA) is 116 Å². The molecule has 2 aromatic heterocycles. The van der Waals surface area contributed by atoms with Gasteiger partial charge < -0.3 is 20.5 Å². The lowest BCUT2D eigenvalue weighted by atomic mass is 9.82. The van der Waals surface area contributed by atoms with Crippen molar-refractivity contribution in [1.29, 1.82) is 0 Å². The van der Waals surface area contributed by atoms with Gasteiger partial charge in [0.25, 0.3) is 5.91 Å². The molecule has 3 N–H and O–H groups in total. The average Bonchev–Trinajstić information content (AvgIpc) is 3.71. The molecule has 2 atom stereocenters. The highest BCUT2D eigenvalue weighted by molar-refractivity contribution is 6.00. The molecule has 3 heterocycles. The third-order valence-corrected chi connectivity index (χ3v) is 7.60. The lowest BCUT2D eigenvalue weighted by Crippen LogP contribution is -2.40. The van der Waals surface area contributed by atoms with E-state index in [1.807, 2.05) is 6.07 Å². The third-order valence-electron chi connectivity index (χ3n) is 7.60. The zero-order valence-electron chi connectivity index (χ0n) is 22.5. The van der Waals surface area contributed by atoms with Crippen LogP contribution in [0.4, 0.5) is 8.78 Å². The van der Waals surface area contributed by atoms with Crippen molar-refractivity contribution in [2.75, 3.05) is 13.2 Å². The second kappa shape index (κ2) is 9.79. The predicted octanol–water partition coefficient (Wildman–Crippen LogP) is 4.73. The van der Waals surface area contributed by atoms with E-state index >= 15 is 4.39 Å². The minimum atomic E-state index is -2.16. The summed E-state index contributed by atoms with van der Waals surface area (Å²) >= 11 is 0. The summed E-state index contributed by atoms with van der Waals surface area (Å²) in [5.41, 5.74) is 4.36. The normalized spacial score (nSPS) is 19.2. The largest absolute Gasteiger partial charge is 0.489 e. The highest BCUT2D eigenvalue weighted by Gasteiger charge is 2.45. The van der Waals surface area contributed by atoms with Crippen molar-refractivity contribution in [2.24, 2.45) is 5.73 Å². The number of nitrogens with one attached hydrogen (secondary N) is 1. The average molecular weight is 559 g/mol. The van der Waals surface area contributed by atoms with Crippen LogP contribution in [0.5, 0.6) is 11.5 Å². The summed E-state index contributed by atoms with van der Waals surface area (Å²) < 4.78 is 41.8. The molecule has 1 aliphatic carbocycles. The molecule has 1 fully saturated rings. The second-order valence-electron chi connectivity index (χ2n) is 11.0. The van der Waals surface area contributed by atoms with Gasteiger partial charge in [-0.1, -0.05) is 6.07 Å². The van der Waals surface area contributed by atoms with Crippen LogP contribution in [-0.2, 0) is 15.9 Å². The fraction of sp³-hybridized carbons (Fsp3) is 0.290. The number of hydrogen-bond acceptors (Lipinski definition) is 6. The Hall–Kier alpha value is -4.60. The summed E-state index contributed by atoms with van der Waals surface area (Å²) in [4.78, 5) is 34.6. The number of hydrogen-bond donors (Lipinski definition) is 2. The summed E-state index contributed by atoms with van der Waals surface area (Å²) in [5, 5.41) is 3.40. The van der Waals surface area contributed by atoms with Crippen LogP contribution in [0.1, 0.15) is 48.3 Å². The number of carbonyl (C=O) groups is 2. The van der Waals surface area contributed by atoms with Gasteiger partial charge in [-0.15, -0.1) is 0 Å². The molecule has 2 amide bonds. The van der Waals surface area contributed by atoms with Crippen LogP contribution >= 0.6 is 0 Å². The monoisotopic (exact) mass is 558 g/mol. The predicted molar refractivity (Wildman–Crippen MR) is 148 cm³/mol. The Morgan fingerprint density at radius 3 is 2.66 bits per heavy atom. The number of nitrogens with two attached hydrogens (primary N) is 1. The molecule has 2 aliphatic rings. The number of amides is 2. The maximum Gasteiger partial charge on any atom is 0.251 e. The highest BCUT2D eigenvalue weighted by atomic mass is 19.1. The van der Waals surface area contributed by atoms with Crippen molar-refractivity contribution >= 4 is 22.7 Å². The van der Waals surface area contributed by atoms with E-state index in [-0.39, 0.29) is 29.8 Å². The van der Waals surface area contributed by atoms with E-state index in [9.17, 15) is 14.0 Å². The molecule has 0 radical (unpaired) electrons. The number of carbonyl (C=O) groups excluding carboxylic acids is 2. The Morgan fingerprint density at radius 2 is 1.95 bits per heavy atom. The van der Waals surface area contributed by atoms with Gasteiger partial charge in [-0.05, 0) is 75.2 Å². The number of halogens is 2. The Balaban J connectivity index is 1.32. The summed E-state index contributed by atoms with van der Waals surface area (Å²) in [6.45, 7) is 2.45. The van der Waals surface area contributed by atoms with E-state index in [0.29, 0.717) is 28.0 Å². The number of aromatic nitrogens is 2. The van der Waals surface area contributed by atoms with Crippen molar-refractivity contribution in [3.8, 4) is 22.8 Å². The molecule has 210 valence electrons. The molecule has 0 bridgehead atoms. The Labute approximate surface area is 234 Å². The van der Waals surface area contributed by atoms with Crippen LogP contribution in [-0.4, -0.2) is 41.0 Å². The molecule has 41 heavy (non-hydrogen) atoms. The summed E-state index contributed by atoms with van der Waals surface area (Å²) in [6.07, 6.45) is 3.65. The fourth-order valence-electron chi connectivity index (χ4n) is 4.84. The Morgan fingerprint density at radius 1 is 1.20 bits per heavy atom. The van der Waals surface area contributed by atoms with Crippen molar-refractivity contribution in [2.45, 2.75) is 43.9 Å². The van der Waals surface area contributed by atoms with Crippen LogP contribution in [0.2, 0.25) is 0 Å². The number of primary amides is 1. The first-order valence-corrected chi connectivity index (χ1v) is 13.3. The fourth-order valence-corrected chi connectivity index (χ4v) is 4.84. The maximum absolute atomic E-state index is 16.4. The zero-order chi connectivity index (χ0) is 28.9. The molecule has 1 aliphatic heterocycles. The van der Waals surface area contributed by atoms with Gasteiger partial charge in [-0.25, -0.2) is 13.8 Å². The van der Waals surface area contributed by atoms with E-state index in [2.05, 4.69) is 15.3 Å². The van der Waals surface area contributed by atoms with Crippen molar-refractivity contribution in [3.63, 3.8) is 0 Å².